The number of benzene rings is 1. The molecule has 0 radical (unpaired) electrons. The van der Waals surface area contributed by atoms with Crippen LogP contribution in [0, 0.1) is 0 Å². The van der Waals surface area contributed by atoms with E-state index in [-0.39, 0.29) is 5.91 Å². The van der Waals surface area contributed by atoms with Crippen LogP contribution in [0.5, 0.6) is 5.75 Å². The lowest BCUT2D eigenvalue weighted by molar-refractivity contribution is -0.113. The van der Waals surface area contributed by atoms with E-state index in [0.717, 1.165) is 18.7 Å². The van der Waals surface area contributed by atoms with E-state index in [1.165, 1.54) is 11.8 Å². The standard InChI is InChI=1S/C14H16ClN5O2S/c1-22-12-5-2-9(6-11(12)15)16-14(21)8-23-7-13-17-18-19-20(13)10-3-4-10/h2,5-6,10H,3-4,7-8H2,1H3,(H,16,21). The number of carbonyl (C=O) groups excluding carboxylic acids is 1. The Kier molecular flexibility index (Phi) is 5.02. The Morgan fingerprint density at radius 2 is 2.35 bits per heavy atom. The van der Waals surface area contributed by atoms with Crippen molar-refractivity contribution < 1.29 is 9.53 Å². The zero-order valence-electron chi connectivity index (χ0n) is 12.5. The molecule has 1 aliphatic rings. The van der Waals surface area contributed by atoms with E-state index in [4.69, 9.17) is 16.3 Å². The van der Waals surface area contributed by atoms with Crippen molar-refractivity contribution >= 4 is 35.0 Å². The second-order valence-electron chi connectivity index (χ2n) is 5.16. The summed E-state index contributed by atoms with van der Waals surface area (Å²) >= 11 is 7.51. The van der Waals surface area contributed by atoms with Crippen LogP contribution in [-0.4, -0.2) is 39.0 Å². The number of ether oxygens (including phenoxy) is 1. The summed E-state index contributed by atoms with van der Waals surface area (Å²) in [4.78, 5) is 12.0. The second kappa shape index (κ2) is 7.18. The van der Waals surface area contributed by atoms with Crippen molar-refractivity contribution in [1.82, 2.24) is 20.2 Å². The summed E-state index contributed by atoms with van der Waals surface area (Å²) in [5.41, 5.74) is 0.643. The number of nitrogens with one attached hydrogen (secondary N) is 1. The maximum absolute atomic E-state index is 12.0. The smallest absolute Gasteiger partial charge is 0.234 e. The predicted molar refractivity (Wildman–Crippen MR) is 88.9 cm³/mol. The monoisotopic (exact) mass is 353 g/mol. The number of hydrogen-bond donors (Lipinski definition) is 1. The molecular weight excluding hydrogens is 338 g/mol. The molecule has 1 heterocycles. The van der Waals surface area contributed by atoms with Gasteiger partial charge in [-0.05, 0) is 41.5 Å². The van der Waals surface area contributed by atoms with E-state index in [1.54, 1.807) is 25.3 Å². The molecule has 7 nitrogen and oxygen atoms in total. The van der Waals surface area contributed by atoms with Gasteiger partial charge in [-0.15, -0.1) is 16.9 Å². The number of carbonyl (C=O) groups is 1. The molecule has 1 amide bonds. The first-order chi connectivity index (χ1) is 11.2. The fourth-order valence-corrected chi connectivity index (χ4v) is 3.08. The van der Waals surface area contributed by atoms with Gasteiger partial charge < -0.3 is 10.1 Å². The number of nitrogens with zero attached hydrogens (tertiary/aromatic N) is 4. The summed E-state index contributed by atoms with van der Waals surface area (Å²) in [5, 5.41) is 15.0. The van der Waals surface area contributed by atoms with Gasteiger partial charge in [0.25, 0.3) is 0 Å². The largest absolute Gasteiger partial charge is 0.495 e. The number of thioether (sulfide) groups is 1. The molecule has 1 aliphatic carbocycles. The van der Waals surface area contributed by atoms with Gasteiger partial charge in [0.05, 0.1) is 29.7 Å². The highest BCUT2D eigenvalue weighted by Gasteiger charge is 2.27. The first-order valence-corrected chi connectivity index (χ1v) is 8.68. The summed E-state index contributed by atoms with van der Waals surface area (Å²) in [7, 11) is 1.55. The van der Waals surface area contributed by atoms with E-state index in [2.05, 4.69) is 20.8 Å². The van der Waals surface area contributed by atoms with Gasteiger partial charge in [-0.2, -0.15) is 0 Å². The second-order valence-corrected chi connectivity index (χ2v) is 6.55. The maximum atomic E-state index is 12.0. The molecule has 0 saturated heterocycles. The molecule has 3 rings (SSSR count). The summed E-state index contributed by atoms with van der Waals surface area (Å²) in [6, 6.07) is 5.57. The third kappa shape index (κ3) is 4.14. The molecule has 0 spiro atoms. The van der Waals surface area contributed by atoms with Crippen LogP contribution >= 0.6 is 23.4 Å². The predicted octanol–water partition coefficient (Wildman–Crippen LogP) is 2.54. The summed E-state index contributed by atoms with van der Waals surface area (Å²) in [5.74, 6) is 2.23. The highest BCUT2D eigenvalue weighted by Crippen LogP contribution is 2.35. The molecule has 1 saturated carbocycles. The molecule has 0 aliphatic heterocycles. The Morgan fingerprint density at radius 1 is 1.52 bits per heavy atom. The van der Waals surface area contributed by atoms with Crippen molar-refractivity contribution in [3.05, 3.63) is 29.0 Å². The number of hydrogen-bond acceptors (Lipinski definition) is 6. The fourth-order valence-electron chi connectivity index (χ4n) is 2.09. The average Bonchev–Trinajstić information content (AvgIpc) is 3.27. The molecule has 0 unspecified atom stereocenters. The zero-order chi connectivity index (χ0) is 16.2. The minimum atomic E-state index is -0.0957. The molecule has 9 heteroatoms. The average molecular weight is 354 g/mol. The van der Waals surface area contributed by atoms with E-state index >= 15 is 0 Å². The van der Waals surface area contributed by atoms with Crippen molar-refractivity contribution in [2.45, 2.75) is 24.6 Å². The number of halogens is 1. The van der Waals surface area contributed by atoms with Crippen molar-refractivity contribution in [2.75, 3.05) is 18.2 Å². The SMILES string of the molecule is COc1ccc(NC(=O)CSCc2nnnn2C2CC2)cc1Cl. The van der Waals surface area contributed by atoms with Crippen LogP contribution in [0.1, 0.15) is 24.7 Å². The lowest BCUT2D eigenvalue weighted by Crippen LogP contribution is -2.14. The molecule has 122 valence electrons. The van der Waals surface area contributed by atoms with Gasteiger partial charge in [0.2, 0.25) is 5.91 Å². The summed E-state index contributed by atoms with van der Waals surface area (Å²) < 4.78 is 6.93. The first-order valence-electron chi connectivity index (χ1n) is 7.15. The minimum Gasteiger partial charge on any atom is -0.495 e. The highest BCUT2D eigenvalue weighted by molar-refractivity contribution is 7.99. The topological polar surface area (TPSA) is 81.9 Å². The van der Waals surface area contributed by atoms with E-state index in [0.29, 0.717) is 34.0 Å². The third-order valence-electron chi connectivity index (χ3n) is 3.35. The van der Waals surface area contributed by atoms with Crippen LogP contribution in [0.15, 0.2) is 18.2 Å². The van der Waals surface area contributed by atoms with Crippen LogP contribution in [0.4, 0.5) is 5.69 Å². The lowest BCUT2D eigenvalue weighted by Gasteiger charge is -2.08. The van der Waals surface area contributed by atoms with Crippen molar-refractivity contribution in [3.8, 4) is 5.75 Å². The first kappa shape index (κ1) is 16.1. The third-order valence-corrected chi connectivity index (χ3v) is 4.58. The normalized spacial score (nSPS) is 13.8. The Hall–Kier alpha value is -1.80. The van der Waals surface area contributed by atoms with Crippen LogP contribution in [0.25, 0.3) is 0 Å². The molecule has 1 aromatic carbocycles. The van der Waals surface area contributed by atoms with Crippen LogP contribution in [0.2, 0.25) is 5.02 Å². The summed E-state index contributed by atoms with van der Waals surface area (Å²) in [6.07, 6.45) is 2.25. The van der Waals surface area contributed by atoms with Crippen LogP contribution < -0.4 is 10.1 Å². The number of amides is 1. The van der Waals surface area contributed by atoms with Gasteiger partial charge in [-0.1, -0.05) is 11.6 Å². The van der Waals surface area contributed by atoms with E-state index in [9.17, 15) is 4.79 Å². The van der Waals surface area contributed by atoms with E-state index < -0.39 is 0 Å². The minimum absolute atomic E-state index is 0.0957. The molecule has 2 aromatic rings. The number of aromatic nitrogens is 4. The van der Waals surface area contributed by atoms with Crippen LogP contribution in [-0.2, 0) is 10.5 Å². The Labute approximate surface area is 142 Å². The van der Waals surface area contributed by atoms with Gasteiger partial charge in [-0.25, -0.2) is 4.68 Å². The molecule has 23 heavy (non-hydrogen) atoms. The maximum Gasteiger partial charge on any atom is 0.234 e. The van der Waals surface area contributed by atoms with Crippen molar-refractivity contribution in [3.63, 3.8) is 0 Å². The van der Waals surface area contributed by atoms with Gasteiger partial charge in [-0.3, -0.25) is 4.79 Å². The quantitative estimate of drug-likeness (QED) is 0.823. The van der Waals surface area contributed by atoms with Gasteiger partial charge >= 0.3 is 0 Å². The number of methoxy groups -OCH3 is 1. The van der Waals surface area contributed by atoms with Gasteiger partial charge in [0.1, 0.15) is 5.75 Å². The molecular formula is C14H16ClN5O2S. The number of rotatable bonds is 7. The molecule has 1 fully saturated rings. The van der Waals surface area contributed by atoms with Gasteiger partial charge in [0.15, 0.2) is 5.82 Å². The highest BCUT2D eigenvalue weighted by atomic mass is 35.5. The zero-order valence-corrected chi connectivity index (χ0v) is 14.1. The lowest BCUT2D eigenvalue weighted by atomic mass is 10.3. The Morgan fingerprint density at radius 3 is 3.04 bits per heavy atom. The Balaban J connectivity index is 1.47. The molecule has 1 N–H and O–H groups in total. The van der Waals surface area contributed by atoms with Crippen molar-refractivity contribution in [1.29, 1.82) is 0 Å². The molecule has 0 bridgehead atoms. The molecule has 1 aromatic heterocycles. The fraction of sp³-hybridized carbons (Fsp3) is 0.429. The van der Waals surface area contributed by atoms with Crippen LogP contribution in [0.3, 0.4) is 0 Å². The van der Waals surface area contributed by atoms with Gasteiger partial charge in [0, 0.05) is 5.69 Å². The van der Waals surface area contributed by atoms with Crippen molar-refractivity contribution in [2.24, 2.45) is 0 Å². The number of anilines is 1. The Bertz CT molecular complexity index is 704. The van der Waals surface area contributed by atoms with E-state index in [1.807, 2.05) is 4.68 Å². The number of tetrazole rings is 1. The summed E-state index contributed by atoms with van der Waals surface area (Å²) in [6.45, 7) is 0. The molecule has 0 atom stereocenters.